The van der Waals surface area contributed by atoms with Crippen LogP contribution >= 0.6 is 0 Å². The third kappa shape index (κ3) is 8.57. The molecule has 0 radical (unpaired) electrons. The van der Waals surface area contributed by atoms with E-state index in [2.05, 4.69) is 10.6 Å². The Morgan fingerprint density at radius 2 is 1.80 bits per heavy atom. The normalized spacial score (nSPS) is 12.4. The monoisotopic (exact) mass is 348 g/mol. The molecule has 1 aromatic carbocycles. The van der Waals surface area contributed by atoms with E-state index in [1.165, 1.54) is 5.56 Å². The first-order valence-electron chi connectivity index (χ1n) is 8.93. The second kappa shape index (κ2) is 10.1. The zero-order chi connectivity index (χ0) is 18.9. The molecule has 140 valence electrons. The zero-order valence-corrected chi connectivity index (χ0v) is 16.1. The smallest absolute Gasteiger partial charge is 0.225 e. The van der Waals surface area contributed by atoms with E-state index in [1.54, 1.807) is 7.11 Å². The van der Waals surface area contributed by atoms with Crippen LogP contribution in [0.4, 0.5) is 0 Å². The van der Waals surface area contributed by atoms with Gasteiger partial charge in [0.1, 0.15) is 5.75 Å². The van der Waals surface area contributed by atoms with E-state index < -0.39 is 5.41 Å². The van der Waals surface area contributed by atoms with Crippen LogP contribution < -0.4 is 15.4 Å². The van der Waals surface area contributed by atoms with E-state index in [4.69, 9.17) is 4.74 Å². The van der Waals surface area contributed by atoms with Gasteiger partial charge in [-0.3, -0.25) is 9.59 Å². The lowest BCUT2D eigenvalue weighted by molar-refractivity contribution is -0.128. The Morgan fingerprint density at radius 1 is 1.16 bits per heavy atom. The number of nitrogens with one attached hydrogen (secondary N) is 2. The maximum absolute atomic E-state index is 11.9. The quantitative estimate of drug-likeness (QED) is 0.674. The number of rotatable bonds is 9. The number of hydrogen-bond donors (Lipinski definition) is 2. The van der Waals surface area contributed by atoms with Gasteiger partial charge in [0.25, 0.3) is 0 Å². The average Bonchev–Trinajstić information content (AvgIpc) is 2.56. The van der Waals surface area contributed by atoms with Gasteiger partial charge in [-0.05, 0) is 43.9 Å². The van der Waals surface area contributed by atoms with Crippen LogP contribution in [-0.4, -0.2) is 31.5 Å². The van der Waals surface area contributed by atoms with Gasteiger partial charge in [0.05, 0.1) is 7.11 Å². The van der Waals surface area contributed by atoms with Crippen molar-refractivity contribution in [3.63, 3.8) is 0 Å². The van der Waals surface area contributed by atoms with Crippen molar-refractivity contribution in [2.24, 2.45) is 5.41 Å². The summed E-state index contributed by atoms with van der Waals surface area (Å²) in [5, 5.41) is 5.87. The zero-order valence-electron chi connectivity index (χ0n) is 16.1. The molecule has 0 saturated heterocycles. The molecule has 1 atom stereocenters. The minimum atomic E-state index is -0.391. The molecule has 0 aliphatic carbocycles. The van der Waals surface area contributed by atoms with Crippen LogP contribution in [0.3, 0.4) is 0 Å². The van der Waals surface area contributed by atoms with Crippen LogP contribution in [0.1, 0.15) is 52.5 Å². The summed E-state index contributed by atoms with van der Waals surface area (Å²) in [6.45, 7) is 8.17. The summed E-state index contributed by atoms with van der Waals surface area (Å²) in [5.74, 6) is 0.900. The molecule has 5 nitrogen and oxygen atoms in total. The highest BCUT2D eigenvalue weighted by Gasteiger charge is 2.20. The Kier molecular flexibility index (Phi) is 8.46. The Balaban J connectivity index is 2.19. The van der Waals surface area contributed by atoms with Crippen LogP contribution in [0.5, 0.6) is 5.75 Å². The topological polar surface area (TPSA) is 67.4 Å². The summed E-state index contributed by atoms with van der Waals surface area (Å²) in [4.78, 5) is 23.7. The van der Waals surface area contributed by atoms with Crippen LogP contribution in [0.25, 0.3) is 0 Å². The van der Waals surface area contributed by atoms with Gasteiger partial charge in [0.2, 0.25) is 11.8 Å². The van der Waals surface area contributed by atoms with Gasteiger partial charge >= 0.3 is 0 Å². The van der Waals surface area contributed by atoms with Gasteiger partial charge in [-0.1, -0.05) is 32.9 Å². The first-order valence-corrected chi connectivity index (χ1v) is 8.93. The molecule has 0 aliphatic heterocycles. The van der Waals surface area contributed by atoms with Gasteiger partial charge in [0.15, 0.2) is 0 Å². The molecule has 1 aromatic rings. The Morgan fingerprint density at radius 3 is 2.36 bits per heavy atom. The molecule has 2 amide bonds. The largest absolute Gasteiger partial charge is 0.497 e. The molecule has 5 heteroatoms. The second-order valence-electron chi connectivity index (χ2n) is 7.46. The number of amides is 2. The summed E-state index contributed by atoms with van der Waals surface area (Å²) in [7, 11) is 1.65. The summed E-state index contributed by atoms with van der Waals surface area (Å²) in [6, 6.07) is 8.12. The van der Waals surface area contributed by atoms with Crippen LogP contribution in [-0.2, 0) is 16.0 Å². The molecule has 0 heterocycles. The molecule has 0 aliphatic rings. The van der Waals surface area contributed by atoms with Crippen molar-refractivity contribution in [2.45, 2.75) is 59.4 Å². The first-order chi connectivity index (χ1) is 11.7. The van der Waals surface area contributed by atoms with Crippen molar-refractivity contribution >= 4 is 11.8 Å². The fraction of sp³-hybridized carbons (Fsp3) is 0.600. The number of benzene rings is 1. The van der Waals surface area contributed by atoms with Crippen molar-refractivity contribution in [3.8, 4) is 5.75 Å². The number of hydrogen-bond acceptors (Lipinski definition) is 3. The van der Waals surface area contributed by atoms with E-state index in [9.17, 15) is 9.59 Å². The molecular weight excluding hydrogens is 316 g/mol. The number of aryl methyl sites for hydroxylation is 1. The fourth-order valence-corrected chi connectivity index (χ4v) is 2.31. The Hall–Kier alpha value is -2.04. The molecule has 0 unspecified atom stereocenters. The van der Waals surface area contributed by atoms with Crippen molar-refractivity contribution in [1.82, 2.24) is 10.6 Å². The minimum absolute atomic E-state index is 0.0146. The molecule has 1 rings (SSSR count). The molecule has 25 heavy (non-hydrogen) atoms. The predicted molar refractivity (Wildman–Crippen MR) is 101 cm³/mol. The highest BCUT2D eigenvalue weighted by Crippen LogP contribution is 2.13. The van der Waals surface area contributed by atoms with Crippen molar-refractivity contribution in [3.05, 3.63) is 29.8 Å². The van der Waals surface area contributed by atoms with E-state index in [-0.39, 0.29) is 17.9 Å². The van der Waals surface area contributed by atoms with E-state index in [1.807, 2.05) is 52.0 Å². The average molecular weight is 348 g/mol. The number of ether oxygens (including phenoxy) is 1. The number of methoxy groups -OCH3 is 1. The minimum Gasteiger partial charge on any atom is -0.497 e. The maximum Gasteiger partial charge on any atom is 0.225 e. The van der Waals surface area contributed by atoms with Crippen molar-refractivity contribution in [1.29, 1.82) is 0 Å². The van der Waals surface area contributed by atoms with Gasteiger partial charge in [-0.2, -0.15) is 0 Å². The van der Waals surface area contributed by atoms with Gasteiger partial charge in [0, 0.05) is 24.4 Å². The van der Waals surface area contributed by atoms with Gasteiger partial charge < -0.3 is 15.4 Å². The third-order valence-electron chi connectivity index (χ3n) is 3.98. The standard InChI is InChI=1S/C20H32N2O3/c1-15(8-9-16-10-12-17(25-5)13-11-16)22-18(23)7-6-14-21-19(24)20(2,3)4/h10-13,15H,6-9,14H2,1-5H3,(H,21,24)(H,22,23)/t15-/m0/s1. The Labute approximate surface area is 151 Å². The lowest BCUT2D eigenvalue weighted by Gasteiger charge is -2.17. The molecule has 0 saturated carbocycles. The highest BCUT2D eigenvalue weighted by atomic mass is 16.5. The summed E-state index contributed by atoms with van der Waals surface area (Å²) < 4.78 is 5.14. The maximum atomic E-state index is 11.9. The van der Waals surface area contributed by atoms with E-state index in [0.717, 1.165) is 18.6 Å². The molecule has 0 spiro atoms. The number of carbonyl (C=O) groups excluding carboxylic acids is 2. The summed E-state index contributed by atoms with van der Waals surface area (Å²) in [5.41, 5.74) is 0.838. The molecule has 0 fully saturated rings. The van der Waals surface area contributed by atoms with Crippen molar-refractivity contribution in [2.75, 3.05) is 13.7 Å². The fourth-order valence-electron chi connectivity index (χ4n) is 2.31. The molecule has 0 bridgehead atoms. The first kappa shape index (κ1) is 21.0. The molecule has 2 N–H and O–H groups in total. The lowest BCUT2D eigenvalue weighted by atomic mass is 9.96. The van der Waals surface area contributed by atoms with Crippen LogP contribution in [0.15, 0.2) is 24.3 Å². The lowest BCUT2D eigenvalue weighted by Crippen LogP contribution is -2.36. The van der Waals surface area contributed by atoms with E-state index >= 15 is 0 Å². The third-order valence-corrected chi connectivity index (χ3v) is 3.98. The highest BCUT2D eigenvalue weighted by molar-refractivity contribution is 5.81. The Bertz CT molecular complexity index is 547. The van der Waals surface area contributed by atoms with Gasteiger partial charge in [-0.25, -0.2) is 0 Å². The molecule has 0 aromatic heterocycles. The molecular formula is C20H32N2O3. The second-order valence-corrected chi connectivity index (χ2v) is 7.46. The van der Waals surface area contributed by atoms with Crippen LogP contribution in [0.2, 0.25) is 0 Å². The van der Waals surface area contributed by atoms with Gasteiger partial charge in [-0.15, -0.1) is 0 Å². The van der Waals surface area contributed by atoms with Crippen LogP contribution in [0, 0.1) is 5.41 Å². The predicted octanol–water partition coefficient (Wildman–Crippen LogP) is 3.08. The summed E-state index contributed by atoms with van der Waals surface area (Å²) >= 11 is 0. The van der Waals surface area contributed by atoms with E-state index in [0.29, 0.717) is 19.4 Å². The van der Waals surface area contributed by atoms with Crippen molar-refractivity contribution < 1.29 is 14.3 Å². The number of carbonyl (C=O) groups is 2. The SMILES string of the molecule is COc1ccc(CC[C@H](C)NC(=O)CCCNC(=O)C(C)(C)C)cc1. The summed E-state index contributed by atoms with van der Waals surface area (Å²) in [6.07, 6.45) is 2.88.